The van der Waals surface area contributed by atoms with Gasteiger partial charge in [-0.05, 0) is 75.4 Å². The van der Waals surface area contributed by atoms with E-state index in [1.165, 1.54) is 32.9 Å². The van der Waals surface area contributed by atoms with Crippen molar-refractivity contribution in [2.75, 3.05) is 27.7 Å². The van der Waals surface area contributed by atoms with Crippen LogP contribution in [0.15, 0.2) is 66.7 Å². The van der Waals surface area contributed by atoms with Crippen molar-refractivity contribution in [3.63, 3.8) is 0 Å². The standard InChI is InChI=1S/C27H33N3O/c1-20(22-9-7-10-23(18-22)31-4)28-19-21-13-14-27-25(17-21)24-11-5-6-12-26(24)30(27)16-8-15-29(2)3/h5-7,9-14,17-18,20,28H,8,15-16,19H2,1-4H3/t20-/m1/s1. The van der Waals surface area contributed by atoms with Gasteiger partial charge < -0.3 is 19.5 Å². The molecule has 0 amide bonds. The molecule has 0 fully saturated rings. The van der Waals surface area contributed by atoms with Gasteiger partial charge in [0.15, 0.2) is 0 Å². The van der Waals surface area contributed by atoms with Crippen molar-refractivity contribution in [1.82, 2.24) is 14.8 Å². The number of hydrogen-bond donors (Lipinski definition) is 1. The topological polar surface area (TPSA) is 29.4 Å². The van der Waals surface area contributed by atoms with E-state index in [-0.39, 0.29) is 6.04 Å². The Morgan fingerprint density at radius 3 is 2.55 bits per heavy atom. The first kappa shape index (κ1) is 21.4. The third-order valence-corrected chi connectivity index (χ3v) is 6.03. The maximum atomic E-state index is 5.37. The summed E-state index contributed by atoms with van der Waals surface area (Å²) in [6, 6.07) is 24.2. The highest BCUT2D eigenvalue weighted by Crippen LogP contribution is 2.30. The third kappa shape index (κ3) is 4.76. The second-order valence-corrected chi connectivity index (χ2v) is 8.56. The Kier molecular flexibility index (Phi) is 6.59. The van der Waals surface area contributed by atoms with E-state index in [1.807, 2.05) is 12.1 Å². The molecule has 1 aromatic heterocycles. The van der Waals surface area contributed by atoms with Gasteiger partial charge in [-0.25, -0.2) is 0 Å². The SMILES string of the molecule is COc1cccc([C@@H](C)NCc2ccc3c(c2)c2ccccc2n3CCCN(C)C)c1. The summed E-state index contributed by atoms with van der Waals surface area (Å²) in [5.41, 5.74) is 5.19. The number of benzene rings is 3. The van der Waals surface area contributed by atoms with Crippen molar-refractivity contribution in [2.24, 2.45) is 0 Å². The maximum absolute atomic E-state index is 5.37. The highest BCUT2D eigenvalue weighted by molar-refractivity contribution is 6.08. The van der Waals surface area contributed by atoms with Gasteiger partial charge in [0.25, 0.3) is 0 Å². The van der Waals surface area contributed by atoms with Crippen LogP contribution in [-0.2, 0) is 13.1 Å². The maximum Gasteiger partial charge on any atom is 0.119 e. The number of para-hydroxylation sites is 1. The van der Waals surface area contributed by atoms with Crippen molar-refractivity contribution in [3.05, 3.63) is 77.9 Å². The minimum atomic E-state index is 0.248. The lowest BCUT2D eigenvalue weighted by molar-refractivity contribution is 0.389. The summed E-state index contributed by atoms with van der Waals surface area (Å²) in [6.07, 6.45) is 1.14. The van der Waals surface area contributed by atoms with Crippen molar-refractivity contribution in [1.29, 1.82) is 0 Å². The highest BCUT2D eigenvalue weighted by atomic mass is 16.5. The summed E-state index contributed by atoms with van der Waals surface area (Å²) in [5, 5.41) is 6.34. The number of aromatic nitrogens is 1. The van der Waals surface area contributed by atoms with Crippen LogP contribution < -0.4 is 10.1 Å². The zero-order valence-electron chi connectivity index (χ0n) is 19.1. The van der Waals surface area contributed by atoms with Crippen LogP contribution in [0.4, 0.5) is 0 Å². The summed E-state index contributed by atoms with van der Waals surface area (Å²) in [5.74, 6) is 0.898. The summed E-state index contributed by atoms with van der Waals surface area (Å²) in [6.45, 7) is 5.16. The lowest BCUT2D eigenvalue weighted by Crippen LogP contribution is -2.18. The molecule has 4 heteroatoms. The van der Waals surface area contributed by atoms with Crippen LogP contribution in [0.3, 0.4) is 0 Å². The van der Waals surface area contributed by atoms with Crippen LogP contribution in [-0.4, -0.2) is 37.2 Å². The number of rotatable bonds is 9. The molecule has 0 aliphatic rings. The van der Waals surface area contributed by atoms with E-state index >= 15 is 0 Å². The van der Waals surface area contributed by atoms with Gasteiger partial charge in [-0.1, -0.05) is 36.4 Å². The molecule has 4 aromatic rings. The molecule has 0 radical (unpaired) electrons. The van der Waals surface area contributed by atoms with E-state index < -0.39 is 0 Å². The van der Waals surface area contributed by atoms with Crippen molar-refractivity contribution in [2.45, 2.75) is 32.5 Å². The highest BCUT2D eigenvalue weighted by Gasteiger charge is 2.12. The predicted octanol–water partition coefficient (Wildman–Crippen LogP) is 5.61. The molecule has 1 atom stereocenters. The first-order chi connectivity index (χ1) is 15.1. The molecule has 3 aromatic carbocycles. The molecule has 31 heavy (non-hydrogen) atoms. The number of hydrogen-bond acceptors (Lipinski definition) is 3. The van der Waals surface area contributed by atoms with E-state index in [0.717, 1.165) is 31.8 Å². The van der Waals surface area contributed by atoms with Gasteiger partial charge in [0.05, 0.1) is 7.11 Å². The fourth-order valence-electron chi connectivity index (χ4n) is 4.30. The first-order valence-corrected chi connectivity index (χ1v) is 11.1. The Bertz CT molecular complexity index is 1160. The summed E-state index contributed by atoms with van der Waals surface area (Å²) in [7, 11) is 5.98. The number of nitrogens with one attached hydrogen (secondary N) is 1. The van der Waals surface area contributed by atoms with E-state index in [0.29, 0.717) is 0 Å². The molecule has 0 saturated heterocycles. The lowest BCUT2D eigenvalue weighted by atomic mass is 10.1. The molecule has 0 aliphatic carbocycles. The predicted molar refractivity (Wildman–Crippen MR) is 131 cm³/mol. The first-order valence-electron chi connectivity index (χ1n) is 11.1. The Hall–Kier alpha value is -2.82. The molecule has 0 bridgehead atoms. The van der Waals surface area contributed by atoms with E-state index in [2.05, 4.69) is 90.4 Å². The monoisotopic (exact) mass is 415 g/mol. The Morgan fingerprint density at radius 1 is 0.935 bits per heavy atom. The molecule has 0 saturated carbocycles. The molecular weight excluding hydrogens is 382 g/mol. The molecule has 4 nitrogen and oxygen atoms in total. The fourth-order valence-corrected chi connectivity index (χ4v) is 4.30. The largest absolute Gasteiger partial charge is 0.497 e. The van der Waals surface area contributed by atoms with Gasteiger partial charge in [-0.2, -0.15) is 0 Å². The van der Waals surface area contributed by atoms with Crippen molar-refractivity contribution in [3.8, 4) is 5.75 Å². The zero-order valence-corrected chi connectivity index (χ0v) is 19.1. The quantitative estimate of drug-likeness (QED) is 0.385. The molecule has 1 N–H and O–H groups in total. The van der Waals surface area contributed by atoms with Gasteiger partial charge in [-0.15, -0.1) is 0 Å². The second kappa shape index (κ2) is 9.54. The number of ether oxygens (including phenoxy) is 1. The van der Waals surface area contributed by atoms with Crippen LogP contribution in [0, 0.1) is 0 Å². The molecule has 1 heterocycles. The molecular formula is C27H33N3O. The van der Waals surface area contributed by atoms with Crippen molar-refractivity contribution < 1.29 is 4.74 Å². The van der Waals surface area contributed by atoms with Crippen LogP contribution in [0.1, 0.15) is 30.5 Å². The van der Waals surface area contributed by atoms with Crippen molar-refractivity contribution >= 4 is 21.8 Å². The number of fused-ring (bicyclic) bond motifs is 3. The Morgan fingerprint density at radius 2 is 1.74 bits per heavy atom. The normalized spacial score (nSPS) is 12.7. The van der Waals surface area contributed by atoms with E-state index in [4.69, 9.17) is 4.74 Å². The average Bonchev–Trinajstić information content (AvgIpc) is 3.10. The molecule has 0 aliphatic heterocycles. The molecule has 0 unspecified atom stereocenters. The van der Waals surface area contributed by atoms with E-state index in [1.54, 1.807) is 7.11 Å². The zero-order chi connectivity index (χ0) is 21.8. The lowest BCUT2D eigenvalue weighted by Gasteiger charge is -2.15. The Balaban J connectivity index is 1.57. The van der Waals surface area contributed by atoms with Crippen LogP contribution >= 0.6 is 0 Å². The number of methoxy groups -OCH3 is 1. The van der Waals surface area contributed by atoms with Gasteiger partial charge in [0.2, 0.25) is 0 Å². The van der Waals surface area contributed by atoms with Crippen LogP contribution in [0.5, 0.6) is 5.75 Å². The van der Waals surface area contributed by atoms with Gasteiger partial charge in [0, 0.05) is 40.9 Å². The summed E-state index contributed by atoms with van der Waals surface area (Å²) >= 11 is 0. The summed E-state index contributed by atoms with van der Waals surface area (Å²) in [4.78, 5) is 2.25. The Labute approximate surface area is 185 Å². The molecule has 0 spiro atoms. The van der Waals surface area contributed by atoms with Gasteiger partial charge >= 0.3 is 0 Å². The van der Waals surface area contributed by atoms with Crippen LogP contribution in [0.25, 0.3) is 21.8 Å². The average molecular weight is 416 g/mol. The smallest absolute Gasteiger partial charge is 0.119 e. The molecule has 162 valence electrons. The minimum Gasteiger partial charge on any atom is -0.497 e. The second-order valence-electron chi connectivity index (χ2n) is 8.56. The minimum absolute atomic E-state index is 0.248. The number of aryl methyl sites for hydroxylation is 1. The third-order valence-electron chi connectivity index (χ3n) is 6.03. The molecule has 4 rings (SSSR count). The van der Waals surface area contributed by atoms with Crippen LogP contribution in [0.2, 0.25) is 0 Å². The fraction of sp³-hybridized carbons (Fsp3) is 0.333. The number of nitrogens with zero attached hydrogens (tertiary/aromatic N) is 2. The van der Waals surface area contributed by atoms with Gasteiger partial charge in [-0.3, -0.25) is 0 Å². The summed E-state index contributed by atoms with van der Waals surface area (Å²) < 4.78 is 7.84. The van der Waals surface area contributed by atoms with Gasteiger partial charge in [0.1, 0.15) is 5.75 Å². The van der Waals surface area contributed by atoms with E-state index in [9.17, 15) is 0 Å².